The molecule has 0 radical (unpaired) electrons. The van der Waals surface area contributed by atoms with E-state index < -0.39 is 0 Å². The predicted molar refractivity (Wildman–Crippen MR) is 89.1 cm³/mol. The lowest BCUT2D eigenvalue weighted by Crippen LogP contribution is -2.40. The zero-order chi connectivity index (χ0) is 16.1. The highest BCUT2D eigenvalue weighted by atomic mass is 32.1. The van der Waals surface area contributed by atoms with E-state index in [1.165, 1.54) is 16.2 Å². The van der Waals surface area contributed by atoms with Crippen LogP contribution in [0, 0.1) is 5.92 Å². The third kappa shape index (κ3) is 4.55. The molecule has 0 unspecified atom stereocenters. The van der Waals surface area contributed by atoms with Crippen molar-refractivity contribution in [2.24, 2.45) is 5.92 Å². The summed E-state index contributed by atoms with van der Waals surface area (Å²) >= 11 is 1.39. The van der Waals surface area contributed by atoms with E-state index in [0.717, 1.165) is 19.5 Å². The normalized spacial score (nSPS) is 18.6. The molecular formula is C16H25N3O2S. The Morgan fingerprint density at radius 2 is 2.27 bits per heavy atom. The molecule has 2 heterocycles. The summed E-state index contributed by atoms with van der Waals surface area (Å²) in [5.41, 5.74) is 0. The Balaban J connectivity index is 1.71. The molecule has 0 aromatic carbocycles. The average molecular weight is 323 g/mol. The molecule has 0 aliphatic carbocycles. The molecule has 122 valence electrons. The number of carbonyl (C=O) groups excluding carboxylic acids is 2. The van der Waals surface area contributed by atoms with Crippen molar-refractivity contribution in [2.45, 2.75) is 26.3 Å². The van der Waals surface area contributed by atoms with Gasteiger partial charge in [-0.25, -0.2) is 0 Å². The van der Waals surface area contributed by atoms with Gasteiger partial charge in [0.1, 0.15) is 0 Å². The molecule has 22 heavy (non-hydrogen) atoms. The Kier molecular flexibility index (Phi) is 5.97. The molecule has 5 nitrogen and oxygen atoms in total. The first-order valence-corrected chi connectivity index (χ1v) is 8.65. The quantitative estimate of drug-likeness (QED) is 0.866. The van der Waals surface area contributed by atoms with Gasteiger partial charge < -0.3 is 15.1 Å². The van der Waals surface area contributed by atoms with E-state index in [2.05, 4.69) is 24.1 Å². The van der Waals surface area contributed by atoms with Gasteiger partial charge in [-0.1, -0.05) is 6.07 Å². The number of likely N-dealkylation sites (tertiary alicyclic amines) is 1. The van der Waals surface area contributed by atoms with E-state index in [9.17, 15) is 9.59 Å². The molecule has 6 heteroatoms. The van der Waals surface area contributed by atoms with Crippen LogP contribution in [-0.2, 0) is 4.79 Å². The fourth-order valence-corrected chi connectivity index (χ4v) is 3.41. The van der Waals surface area contributed by atoms with Crippen molar-refractivity contribution < 1.29 is 9.59 Å². The minimum Gasteiger partial charge on any atom is -0.354 e. The van der Waals surface area contributed by atoms with Crippen molar-refractivity contribution >= 4 is 23.2 Å². The van der Waals surface area contributed by atoms with Gasteiger partial charge in [0.25, 0.3) is 5.91 Å². The summed E-state index contributed by atoms with van der Waals surface area (Å²) < 4.78 is 0. The smallest absolute Gasteiger partial charge is 0.264 e. The predicted octanol–water partition coefficient (Wildman–Crippen LogP) is 1.67. The molecule has 1 aliphatic heterocycles. The van der Waals surface area contributed by atoms with E-state index in [4.69, 9.17) is 0 Å². The van der Waals surface area contributed by atoms with Gasteiger partial charge in [0.05, 0.1) is 11.4 Å². The number of rotatable bonds is 6. The maximum absolute atomic E-state index is 12.1. The first kappa shape index (κ1) is 17.0. The standard InChI is InChI=1S/C16H25N3O2S/c1-12(2)19-7-6-13(10-19)9-17-15(20)11-18(3)16(21)14-5-4-8-22-14/h4-5,8,12-13H,6-7,9-11H2,1-3H3,(H,17,20)/t13-/m0/s1. The fourth-order valence-electron chi connectivity index (χ4n) is 2.69. The van der Waals surface area contributed by atoms with Crippen molar-refractivity contribution in [3.63, 3.8) is 0 Å². The summed E-state index contributed by atoms with van der Waals surface area (Å²) in [6.07, 6.45) is 1.13. The summed E-state index contributed by atoms with van der Waals surface area (Å²) in [6.45, 7) is 7.36. The number of thiophene rings is 1. The van der Waals surface area contributed by atoms with Crippen molar-refractivity contribution in [3.8, 4) is 0 Å². The van der Waals surface area contributed by atoms with Crippen molar-refractivity contribution in [2.75, 3.05) is 33.2 Å². The van der Waals surface area contributed by atoms with Crippen LogP contribution in [0.15, 0.2) is 17.5 Å². The highest BCUT2D eigenvalue weighted by Gasteiger charge is 2.24. The van der Waals surface area contributed by atoms with Gasteiger partial charge in [-0.3, -0.25) is 9.59 Å². The van der Waals surface area contributed by atoms with E-state index >= 15 is 0 Å². The van der Waals surface area contributed by atoms with Crippen LogP contribution in [0.2, 0.25) is 0 Å². The van der Waals surface area contributed by atoms with Gasteiger partial charge in [-0.05, 0) is 44.2 Å². The minimum absolute atomic E-state index is 0.0876. The number of nitrogens with one attached hydrogen (secondary N) is 1. The number of hydrogen-bond donors (Lipinski definition) is 1. The zero-order valence-corrected chi connectivity index (χ0v) is 14.4. The number of likely N-dealkylation sites (N-methyl/N-ethyl adjacent to an activating group) is 1. The highest BCUT2D eigenvalue weighted by molar-refractivity contribution is 7.12. The zero-order valence-electron chi connectivity index (χ0n) is 13.5. The molecular weight excluding hydrogens is 298 g/mol. The SMILES string of the molecule is CC(C)N1CC[C@@H](CNC(=O)CN(C)C(=O)c2cccs2)C1. The number of carbonyl (C=O) groups is 2. The van der Waals surface area contributed by atoms with Gasteiger partial charge in [-0.15, -0.1) is 11.3 Å². The minimum atomic E-state index is -0.100. The second-order valence-electron chi connectivity index (χ2n) is 6.19. The van der Waals surface area contributed by atoms with Crippen LogP contribution in [0.4, 0.5) is 0 Å². The second-order valence-corrected chi connectivity index (χ2v) is 7.13. The number of amides is 2. The lowest BCUT2D eigenvalue weighted by molar-refractivity contribution is -0.121. The Bertz CT molecular complexity index is 501. The first-order valence-electron chi connectivity index (χ1n) is 7.77. The summed E-state index contributed by atoms with van der Waals surface area (Å²) in [5.74, 6) is 0.331. The molecule has 2 rings (SSSR count). The molecule has 0 saturated carbocycles. The molecule has 1 aromatic rings. The van der Waals surface area contributed by atoms with E-state index in [1.807, 2.05) is 11.4 Å². The molecule has 1 saturated heterocycles. The summed E-state index contributed by atoms with van der Waals surface area (Å²) in [7, 11) is 1.66. The molecule has 1 N–H and O–H groups in total. The van der Waals surface area contributed by atoms with Gasteiger partial charge in [0.15, 0.2) is 0 Å². The van der Waals surface area contributed by atoms with Gasteiger partial charge >= 0.3 is 0 Å². The maximum atomic E-state index is 12.1. The van der Waals surface area contributed by atoms with Crippen LogP contribution in [0.25, 0.3) is 0 Å². The molecule has 0 spiro atoms. The van der Waals surface area contributed by atoms with Crippen molar-refractivity contribution in [3.05, 3.63) is 22.4 Å². The fraction of sp³-hybridized carbons (Fsp3) is 0.625. The lowest BCUT2D eigenvalue weighted by Gasteiger charge is -2.20. The highest BCUT2D eigenvalue weighted by Crippen LogP contribution is 2.17. The monoisotopic (exact) mass is 323 g/mol. The van der Waals surface area contributed by atoms with Gasteiger partial charge in [-0.2, -0.15) is 0 Å². The molecule has 2 amide bonds. The van der Waals surface area contributed by atoms with Crippen LogP contribution in [0.5, 0.6) is 0 Å². The molecule has 1 fully saturated rings. The summed E-state index contributed by atoms with van der Waals surface area (Å²) in [6, 6.07) is 4.18. The topological polar surface area (TPSA) is 52.7 Å². The Hall–Kier alpha value is -1.40. The Morgan fingerprint density at radius 3 is 2.86 bits per heavy atom. The van der Waals surface area contributed by atoms with Crippen LogP contribution < -0.4 is 5.32 Å². The van der Waals surface area contributed by atoms with Crippen LogP contribution in [-0.4, -0.2) is 60.9 Å². The Morgan fingerprint density at radius 1 is 1.50 bits per heavy atom. The van der Waals surface area contributed by atoms with E-state index in [0.29, 0.717) is 23.4 Å². The van der Waals surface area contributed by atoms with Crippen LogP contribution >= 0.6 is 11.3 Å². The molecule has 1 atom stereocenters. The average Bonchev–Trinajstić information content (AvgIpc) is 3.15. The second kappa shape index (κ2) is 7.74. The number of hydrogen-bond acceptors (Lipinski definition) is 4. The molecule has 1 aromatic heterocycles. The first-order chi connectivity index (χ1) is 10.5. The molecule has 0 bridgehead atoms. The maximum Gasteiger partial charge on any atom is 0.264 e. The van der Waals surface area contributed by atoms with Crippen LogP contribution in [0.3, 0.4) is 0 Å². The van der Waals surface area contributed by atoms with Crippen molar-refractivity contribution in [1.82, 2.24) is 15.1 Å². The van der Waals surface area contributed by atoms with Crippen molar-refractivity contribution in [1.29, 1.82) is 0 Å². The third-order valence-electron chi connectivity index (χ3n) is 4.09. The third-order valence-corrected chi connectivity index (χ3v) is 4.95. The van der Waals surface area contributed by atoms with E-state index in [1.54, 1.807) is 13.1 Å². The summed E-state index contributed by atoms with van der Waals surface area (Å²) in [4.78, 5) is 28.6. The number of nitrogens with zero attached hydrogens (tertiary/aromatic N) is 2. The van der Waals surface area contributed by atoms with E-state index in [-0.39, 0.29) is 18.4 Å². The van der Waals surface area contributed by atoms with Gasteiger partial charge in [0.2, 0.25) is 5.91 Å². The summed E-state index contributed by atoms with van der Waals surface area (Å²) in [5, 5.41) is 4.82. The van der Waals surface area contributed by atoms with Crippen LogP contribution in [0.1, 0.15) is 29.9 Å². The molecule has 1 aliphatic rings. The lowest BCUT2D eigenvalue weighted by atomic mass is 10.1. The van der Waals surface area contributed by atoms with Gasteiger partial charge in [0, 0.05) is 26.2 Å². The Labute approximate surface area is 136 Å². The largest absolute Gasteiger partial charge is 0.354 e.